The van der Waals surface area contributed by atoms with Gasteiger partial charge in [-0.1, -0.05) is 29.2 Å². The molecule has 0 amide bonds. The molecule has 0 fully saturated rings. The van der Waals surface area contributed by atoms with Crippen LogP contribution in [0, 0.1) is 6.92 Å². The molecule has 94 valence electrons. The lowest BCUT2D eigenvalue weighted by Crippen LogP contribution is -2.05. The second kappa shape index (κ2) is 5.97. The number of methoxy groups -OCH3 is 1. The Labute approximate surface area is 113 Å². The van der Waals surface area contributed by atoms with Gasteiger partial charge in [0.25, 0.3) is 0 Å². The number of nitrogens with zero attached hydrogens (tertiary/aromatic N) is 2. The Morgan fingerprint density at radius 3 is 3.00 bits per heavy atom. The molecule has 0 spiro atoms. The number of hydrogen-bond donors (Lipinski definition) is 0. The third-order valence-electron chi connectivity index (χ3n) is 2.32. The summed E-state index contributed by atoms with van der Waals surface area (Å²) in [5.41, 5.74) is 3.33. The lowest BCUT2D eigenvalue weighted by molar-refractivity contribution is 0.101. The Morgan fingerprint density at radius 1 is 1.50 bits per heavy atom. The second-order valence-electron chi connectivity index (χ2n) is 3.62. The number of rotatable bonds is 5. The average molecular weight is 280 g/mol. The van der Waals surface area contributed by atoms with Crippen molar-refractivity contribution in [1.29, 1.82) is 0 Å². The Kier molecular flexibility index (Phi) is 4.33. The lowest BCUT2D eigenvalue weighted by atomic mass is 10.1. The van der Waals surface area contributed by atoms with Crippen LogP contribution in [0.5, 0.6) is 5.75 Å². The summed E-state index contributed by atoms with van der Waals surface area (Å²) in [7, 11) is 1.57. The van der Waals surface area contributed by atoms with Gasteiger partial charge < -0.3 is 4.74 Å². The summed E-state index contributed by atoms with van der Waals surface area (Å²) in [4.78, 5) is 12.1. The maximum atomic E-state index is 12.1. The minimum absolute atomic E-state index is 0.0343. The van der Waals surface area contributed by atoms with Crippen molar-refractivity contribution in [2.75, 3.05) is 12.9 Å². The van der Waals surface area contributed by atoms with Gasteiger partial charge in [-0.15, -0.1) is 10.2 Å². The zero-order valence-electron chi connectivity index (χ0n) is 10.0. The first-order valence-electron chi connectivity index (χ1n) is 5.27. The van der Waals surface area contributed by atoms with Gasteiger partial charge in [0.1, 0.15) is 11.3 Å². The van der Waals surface area contributed by atoms with E-state index in [9.17, 15) is 4.79 Å². The van der Waals surface area contributed by atoms with E-state index in [0.29, 0.717) is 17.1 Å². The van der Waals surface area contributed by atoms with Crippen molar-refractivity contribution in [3.63, 3.8) is 0 Å². The van der Waals surface area contributed by atoms with Crippen LogP contribution in [0.4, 0.5) is 0 Å². The summed E-state index contributed by atoms with van der Waals surface area (Å²) in [5.74, 6) is 0.999. The molecule has 0 unspecified atom stereocenters. The van der Waals surface area contributed by atoms with Gasteiger partial charge in [-0.05, 0) is 24.6 Å². The van der Waals surface area contributed by atoms with Gasteiger partial charge in [0.15, 0.2) is 10.1 Å². The highest BCUT2D eigenvalue weighted by molar-refractivity contribution is 8.01. The summed E-state index contributed by atoms with van der Waals surface area (Å²) in [6, 6.07) is 5.57. The molecule has 0 atom stereocenters. The number of carbonyl (C=O) groups is 1. The highest BCUT2D eigenvalue weighted by Gasteiger charge is 2.13. The molecule has 0 saturated heterocycles. The van der Waals surface area contributed by atoms with Crippen molar-refractivity contribution in [3.05, 3.63) is 34.8 Å². The van der Waals surface area contributed by atoms with Crippen molar-refractivity contribution in [1.82, 2.24) is 10.2 Å². The number of thioether (sulfide) groups is 1. The van der Waals surface area contributed by atoms with Gasteiger partial charge in [0.2, 0.25) is 0 Å². The molecule has 4 nitrogen and oxygen atoms in total. The third kappa shape index (κ3) is 3.08. The monoisotopic (exact) mass is 280 g/mol. The molecule has 0 N–H and O–H groups in total. The van der Waals surface area contributed by atoms with E-state index < -0.39 is 0 Å². The summed E-state index contributed by atoms with van der Waals surface area (Å²) in [6.07, 6.45) is 0. The zero-order chi connectivity index (χ0) is 13.0. The average Bonchev–Trinajstić information content (AvgIpc) is 2.88. The summed E-state index contributed by atoms with van der Waals surface area (Å²) in [5, 5.41) is 7.62. The fourth-order valence-corrected chi connectivity index (χ4v) is 2.83. The SMILES string of the molecule is COc1cc(C)ccc1C(=O)CSc1nncs1. The number of hydrogen-bond acceptors (Lipinski definition) is 6. The normalized spacial score (nSPS) is 10.3. The number of benzene rings is 1. The van der Waals surface area contributed by atoms with Crippen LogP contribution in [0.1, 0.15) is 15.9 Å². The lowest BCUT2D eigenvalue weighted by Gasteiger charge is -2.07. The van der Waals surface area contributed by atoms with E-state index in [1.165, 1.54) is 23.1 Å². The number of aromatic nitrogens is 2. The number of aryl methyl sites for hydroxylation is 1. The smallest absolute Gasteiger partial charge is 0.176 e. The van der Waals surface area contributed by atoms with Crippen molar-refractivity contribution >= 4 is 28.9 Å². The molecule has 0 aliphatic carbocycles. The Hall–Kier alpha value is -1.40. The molecular weight excluding hydrogens is 268 g/mol. The van der Waals surface area contributed by atoms with Crippen molar-refractivity contribution in [2.45, 2.75) is 11.3 Å². The molecule has 1 heterocycles. The number of carbonyl (C=O) groups excluding carboxylic acids is 1. The fourth-order valence-electron chi connectivity index (χ4n) is 1.46. The van der Waals surface area contributed by atoms with Crippen LogP contribution in [0.25, 0.3) is 0 Å². The summed E-state index contributed by atoms with van der Waals surface area (Å²) >= 11 is 2.82. The Bertz CT molecular complexity index is 541. The molecule has 2 aromatic rings. The van der Waals surface area contributed by atoms with Crippen molar-refractivity contribution in [2.24, 2.45) is 0 Å². The molecule has 1 aromatic carbocycles. The summed E-state index contributed by atoms with van der Waals surface area (Å²) in [6.45, 7) is 1.97. The van der Waals surface area contributed by atoms with Gasteiger partial charge in [-0.2, -0.15) is 0 Å². The van der Waals surface area contributed by atoms with E-state index >= 15 is 0 Å². The number of ether oxygens (including phenoxy) is 1. The third-order valence-corrected chi connectivity index (χ3v) is 4.18. The van der Waals surface area contributed by atoms with Gasteiger partial charge in [0.05, 0.1) is 18.4 Å². The maximum Gasteiger partial charge on any atom is 0.176 e. The van der Waals surface area contributed by atoms with E-state index in [2.05, 4.69) is 10.2 Å². The van der Waals surface area contributed by atoms with E-state index in [4.69, 9.17) is 4.74 Å². The van der Waals surface area contributed by atoms with Crippen LogP contribution >= 0.6 is 23.1 Å². The van der Waals surface area contributed by atoms with E-state index in [-0.39, 0.29) is 5.78 Å². The molecule has 2 rings (SSSR count). The highest BCUT2D eigenvalue weighted by atomic mass is 32.2. The van der Waals surface area contributed by atoms with Crippen LogP contribution < -0.4 is 4.74 Å². The quantitative estimate of drug-likeness (QED) is 0.622. The molecule has 18 heavy (non-hydrogen) atoms. The van der Waals surface area contributed by atoms with Crippen LogP contribution in [0.3, 0.4) is 0 Å². The zero-order valence-corrected chi connectivity index (χ0v) is 11.7. The van der Waals surface area contributed by atoms with Gasteiger partial charge in [0, 0.05) is 0 Å². The van der Waals surface area contributed by atoms with E-state index in [0.717, 1.165) is 9.90 Å². The molecule has 6 heteroatoms. The second-order valence-corrected chi connectivity index (χ2v) is 5.68. The van der Waals surface area contributed by atoms with Crippen LogP contribution in [-0.4, -0.2) is 28.8 Å². The molecule has 0 aliphatic rings. The topological polar surface area (TPSA) is 52.1 Å². The molecule has 1 aromatic heterocycles. The molecule has 0 radical (unpaired) electrons. The molecule has 0 saturated carbocycles. The summed E-state index contributed by atoms with van der Waals surface area (Å²) < 4.78 is 6.03. The number of ketones is 1. The Balaban J connectivity index is 2.09. The predicted octanol–water partition coefficient (Wildman–Crippen LogP) is 2.83. The molecular formula is C12H12N2O2S2. The van der Waals surface area contributed by atoms with Crippen LogP contribution in [0.2, 0.25) is 0 Å². The van der Waals surface area contributed by atoms with Gasteiger partial charge >= 0.3 is 0 Å². The first-order valence-corrected chi connectivity index (χ1v) is 7.14. The van der Waals surface area contributed by atoms with Crippen LogP contribution in [0.15, 0.2) is 28.0 Å². The van der Waals surface area contributed by atoms with Crippen molar-refractivity contribution < 1.29 is 9.53 Å². The standard InChI is InChI=1S/C12H12N2O2S2/c1-8-3-4-9(11(5-8)16-2)10(15)6-17-12-14-13-7-18-12/h3-5,7H,6H2,1-2H3. The molecule has 0 aliphatic heterocycles. The van der Waals surface area contributed by atoms with Gasteiger partial charge in [-0.25, -0.2) is 0 Å². The first-order chi connectivity index (χ1) is 8.70. The van der Waals surface area contributed by atoms with Gasteiger partial charge in [-0.3, -0.25) is 4.79 Å². The van der Waals surface area contributed by atoms with Crippen LogP contribution in [-0.2, 0) is 0 Å². The predicted molar refractivity (Wildman–Crippen MR) is 72.7 cm³/mol. The minimum atomic E-state index is 0.0343. The maximum absolute atomic E-state index is 12.1. The number of Topliss-reactive ketones (excluding diaryl/α,β-unsaturated/α-hetero) is 1. The fraction of sp³-hybridized carbons (Fsp3) is 0.250. The van der Waals surface area contributed by atoms with E-state index in [1.54, 1.807) is 18.7 Å². The van der Waals surface area contributed by atoms with E-state index in [1.807, 2.05) is 19.1 Å². The highest BCUT2D eigenvalue weighted by Crippen LogP contribution is 2.24. The minimum Gasteiger partial charge on any atom is -0.496 e. The first kappa shape index (κ1) is 13.0. The Morgan fingerprint density at radius 2 is 2.33 bits per heavy atom. The largest absolute Gasteiger partial charge is 0.496 e. The van der Waals surface area contributed by atoms with Crippen molar-refractivity contribution in [3.8, 4) is 5.75 Å². The molecule has 0 bridgehead atoms.